The number of nitrogens with one attached hydrogen (secondary N) is 3. The number of aromatic amines is 2. The van der Waals surface area contributed by atoms with Gasteiger partial charge in [0.2, 0.25) is 11.8 Å². The van der Waals surface area contributed by atoms with Crippen molar-refractivity contribution in [3.63, 3.8) is 0 Å². The Morgan fingerprint density at radius 2 is 1.16 bits per heavy atom. The minimum Gasteiger partial charge on any atom is -1.00 e. The maximum atomic E-state index is 13.2. The number of hydrogen-bond acceptors (Lipinski definition) is 6. The molecule has 4 rings (SSSR count). The molecule has 2 heterocycles. The van der Waals surface area contributed by atoms with Crippen molar-refractivity contribution < 1.29 is 30.0 Å². The van der Waals surface area contributed by atoms with E-state index in [-0.39, 0.29) is 91.9 Å². The van der Waals surface area contributed by atoms with Crippen molar-refractivity contribution in [2.45, 2.75) is 149 Å². The van der Waals surface area contributed by atoms with Crippen molar-refractivity contribution in [1.29, 1.82) is 0 Å². The maximum absolute atomic E-state index is 13.2. The highest BCUT2D eigenvalue weighted by Crippen LogP contribution is 2.38. The van der Waals surface area contributed by atoms with Crippen LogP contribution in [-0.2, 0) is 0 Å². The molecule has 2 aliphatic carbocycles. The molecule has 0 radical (unpaired) electrons. The van der Waals surface area contributed by atoms with E-state index in [1.807, 2.05) is 13.8 Å². The number of aromatic nitrogens is 4. The van der Waals surface area contributed by atoms with Gasteiger partial charge in [-0.3, -0.25) is 28.7 Å². The lowest BCUT2D eigenvalue weighted by atomic mass is 9.83. The standard InChI is InChI=1S/C16H25F2N3O2.C9H17F2N.C7H9ClN2O2.CH4.ClH/c1-10(2)21-14(22)9-13(20-15(21)23)19-11(3)8-12-4-6-16(17,18)7-5-12;1-7(12)6-8-2-4-9(10,11)5-3-8;1-4(2)10-6(11)3-5(8)9-7(10)12;;/h9-12,19H,4-8H2,1-3H3,(H,20,23);7-8H,2-6,12H2,1H3;3-4H,1-2H3,(H,9,12);1H4;1H/p-1/t11-;7-;;;/m00.../s1. The van der Waals surface area contributed by atoms with Gasteiger partial charge in [0.05, 0.1) is 0 Å². The minimum atomic E-state index is -2.51. The largest absolute Gasteiger partial charge is 1.00 e. The Balaban J connectivity index is 0.000000754. The van der Waals surface area contributed by atoms with Crippen LogP contribution in [0.15, 0.2) is 31.3 Å². The molecule has 2 aromatic rings. The monoisotopic (exact) mass is 745 g/mol. The normalized spacial score (nSPS) is 18.5. The van der Waals surface area contributed by atoms with Crippen LogP contribution in [0.5, 0.6) is 0 Å². The molecule has 49 heavy (non-hydrogen) atoms. The van der Waals surface area contributed by atoms with E-state index in [1.54, 1.807) is 27.7 Å². The molecule has 16 heteroatoms. The lowest BCUT2D eigenvalue weighted by Crippen LogP contribution is -3.00. The van der Waals surface area contributed by atoms with Gasteiger partial charge < -0.3 is 23.5 Å². The average molecular weight is 747 g/mol. The summed E-state index contributed by atoms with van der Waals surface area (Å²) in [6, 6.07) is 2.34. The van der Waals surface area contributed by atoms with Crippen LogP contribution >= 0.6 is 11.6 Å². The minimum absolute atomic E-state index is 0. The third kappa shape index (κ3) is 15.9. The number of halogens is 6. The zero-order valence-corrected chi connectivity index (χ0v) is 30.1. The lowest BCUT2D eigenvalue weighted by molar-refractivity contribution is -0.0473. The highest BCUT2D eigenvalue weighted by atomic mass is 35.5. The summed E-state index contributed by atoms with van der Waals surface area (Å²) >= 11 is 5.46. The summed E-state index contributed by atoms with van der Waals surface area (Å²) in [6.45, 7) is 10.9. The Morgan fingerprint density at radius 3 is 1.53 bits per heavy atom. The van der Waals surface area contributed by atoms with Crippen LogP contribution in [-0.4, -0.2) is 43.0 Å². The number of nitrogens with two attached hydrogens (primary N) is 1. The van der Waals surface area contributed by atoms with Crippen molar-refractivity contribution in [3.8, 4) is 0 Å². The highest BCUT2D eigenvalue weighted by molar-refractivity contribution is 6.29. The van der Waals surface area contributed by atoms with E-state index in [2.05, 4.69) is 15.3 Å². The average Bonchev–Trinajstić information content (AvgIpc) is 2.90. The van der Waals surface area contributed by atoms with Gasteiger partial charge in [-0.1, -0.05) is 19.0 Å². The quantitative estimate of drug-likeness (QED) is 0.237. The van der Waals surface area contributed by atoms with E-state index < -0.39 is 23.2 Å². The van der Waals surface area contributed by atoms with Crippen LogP contribution in [0.4, 0.5) is 23.4 Å². The van der Waals surface area contributed by atoms with Crippen LogP contribution in [0, 0.1) is 11.8 Å². The Morgan fingerprint density at radius 1 is 0.776 bits per heavy atom. The number of nitrogens with zero attached hydrogens (tertiary/aromatic N) is 2. The molecule has 0 aromatic carbocycles. The Labute approximate surface area is 297 Å². The van der Waals surface area contributed by atoms with Crippen LogP contribution < -0.4 is 46.0 Å². The molecule has 5 N–H and O–H groups in total. The smallest absolute Gasteiger partial charge is 0.330 e. The van der Waals surface area contributed by atoms with Crippen LogP contribution in [0.25, 0.3) is 0 Å². The molecular weight excluding hydrogens is 691 g/mol. The third-order valence-corrected chi connectivity index (χ3v) is 8.60. The molecule has 0 amide bonds. The van der Waals surface area contributed by atoms with E-state index in [4.69, 9.17) is 17.3 Å². The second-order valence-corrected chi connectivity index (χ2v) is 14.0. The van der Waals surface area contributed by atoms with Gasteiger partial charge in [0, 0.05) is 62.0 Å². The summed E-state index contributed by atoms with van der Waals surface area (Å²) in [7, 11) is 0. The molecule has 10 nitrogen and oxygen atoms in total. The number of anilines is 1. The fraction of sp³-hybridized carbons (Fsp3) is 0.758. The summed E-state index contributed by atoms with van der Waals surface area (Å²) in [5.74, 6) is -3.84. The summed E-state index contributed by atoms with van der Waals surface area (Å²) in [6.07, 6.45) is 3.99. The number of rotatable bonds is 8. The van der Waals surface area contributed by atoms with Crippen LogP contribution in [0.3, 0.4) is 0 Å². The molecule has 2 fully saturated rings. The fourth-order valence-corrected chi connectivity index (χ4v) is 6.23. The molecule has 2 aliphatic rings. The third-order valence-electron chi connectivity index (χ3n) is 8.40. The van der Waals surface area contributed by atoms with E-state index in [0.717, 1.165) is 22.0 Å². The number of alkyl halides is 4. The first-order valence-electron chi connectivity index (χ1n) is 16.3. The first-order chi connectivity index (χ1) is 21.7. The zero-order valence-electron chi connectivity index (χ0n) is 28.6. The Kier molecular flexibility index (Phi) is 19.2. The van der Waals surface area contributed by atoms with E-state index >= 15 is 0 Å². The first-order valence-corrected chi connectivity index (χ1v) is 16.7. The molecule has 284 valence electrons. The second kappa shape index (κ2) is 20.3. The van der Waals surface area contributed by atoms with Crippen molar-refractivity contribution in [2.75, 3.05) is 5.32 Å². The first kappa shape index (κ1) is 46.4. The molecule has 0 aliphatic heterocycles. The van der Waals surface area contributed by atoms with E-state index in [0.29, 0.717) is 37.4 Å². The SMILES string of the molecule is C.CC(C)n1c(=O)cc(Cl)[nH]c1=O.CC(C)n1c(=O)cc(N[C@@H](C)CC2CCC(F)(F)CC2)[nH]c1=O.C[C@H](N)CC1CCC(F)(F)CC1.[Cl-]. The molecule has 0 unspecified atom stereocenters. The molecule has 0 saturated heterocycles. The van der Waals surface area contributed by atoms with Crippen LogP contribution in [0.2, 0.25) is 5.15 Å². The molecular formula is C33H55Cl2F4N6O4-. The van der Waals surface area contributed by atoms with Gasteiger partial charge in [0.25, 0.3) is 11.1 Å². The molecule has 2 saturated carbocycles. The predicted molar refractivity (Wildman–Crippen MR) is 185 cm³/mol. The topological polar surface area (TPSA) is 148 Å². The highest BCUT2D eigenvalue weighted by Gasteiger charge is 2.36. The summed E-state index contributed by atoms with van der Waals surface area (Å²) in [4.78, 5) is 51.2. The fourth-order valence-electron chi connectivity index (χ4n) is 6.06. The van der Waals surface area contributed by atoms with Gasteiger partial charge in [-0.2, -0.15) is 0 Å². The summed E-state index contributed by atoms with van der Waals surface area (Å²) in [5.41, 5.74) is 3.96. The number of hydrogen-bond donors (Lipinski definition) is 4. The van der Waals surface area contributed by atoms with Gasteiger partial charge in [0.1, 0.15) is 11.0 Å². The number of H-pyrrole nitrogens is 2. The Bertz CT molecular complexity index is 1440. The van der Waals surface area contributed by atoms with E-state index in [1.165, 1.54) is 12.1 Å². The van der Waals surface area contributed by atoms with Gasteiger partial charge in [0.15, 0.2) is 0 Å². The van der Waals surface area contributed by atoms with Crippen molar-refractivity contribution >= 4 is 17.4 Å². The van der Waals surface area contributed by atoms with Gasteiger partial charge in [-0.05, 0) is 91.9 Å². The Hall–Kier alpha value is -2.58. The summed E-state index contributed by atoms with van der Waals surface area (Å²) in [5, 5.41) is 3.17. The molecule has 0 bridgehead atoms. The maximum Gasteiger partial charge on any atom is 0.330 e. The van der Waals surface area contributed by atoms with Gasteiger partial charge >= 0.3 is 11.4 Å². The van der Waals surface area contributed by atoms with Gasteiger partial charge in [-0.15, -0.1) is 0 Å². The lowest BCUT2D eigenvalue weighted by Gasteiger charge is -2.30. The second-order valence-electron chi connectivity index (χ2n) is 13.6. The van der Waals surface area contributed by atoms with Crippen molar-refractivity contribution in [3.05, 3.63) is 59.0 Å². The summed E-state index contributed by atoms with van der Waals surface area (Å²) < 4.78 is 53.9. The molecule has 2 aromatic heterocycles. The molecule has 0 spiro atoms. The predicted octanol–water partition coefficient (Wildman–Crippen LogP) is 4.09. The van der Waals surface area contributed by atoms with Gasteiger partial charge in [-0.25, -0.2) is 27.2 Å². The van der Waals surface area contributed by atoms with Crippen molar-refractivity contribution in [1.82, 2.24) is 19.1 Å². The van der Waals surface area contributed by atoms with Crippen molar-refractivity contribution in [2.24, 2.45) is 17.6 Å². The van der Waals surface area contributed by atoms with Crippen LogP contribution in [0.1, 0.15) is 125 Å². The molecule has 2 atom stereocenters. The van der Waals surface area contributed by atoms with E-state index in [9.17, 15) is 36.7 Å². The zero-order chi connectivity index (χ0) is 35.7.